The standard InChI is InChI=1S/C23H18Si/c24-14-18-7-3-6-17-10-21-11-19-8-15-4-1-2-5-16(15)9-20(19)12-22(21)13-23(17)18/h1-13H,14H2,24H3. The second-order valence-electron chi connectivity index (χ2n) is 6.59. The molecule has 0 N–H and O–H groups in total. The predicted octanol–water partition coefficient (Wildman–Crippen LogP) is 5.16. The number of benzene rings is 5. The van der Waals surface area contributed by atoms with Gasteiger partial charge in [0, 0.05) is 10.2 Å². The SMILES string of the molecule is [SiH3]Cc1cccc2cc3cc4cc5ccccc5cc4cc3cc12. The Morgan fingerprint density at radius 1 is 0.500 bits per heavy atom. The fourth-order valence-corrected chi connectivity index (χ4v) is 4.46. The van der Waals surface area contributed by atoms with Crippen molar-refractivity contribution in [3.05, 3.63) is 84.4 Å². The lowest BCUT2D eigenvalue weighted by molar-refractivity contribution is 1.45. The summed E-state index contributed by atoms with van der Waals surface area (Å²) >= 11 is 0. The van der Waals surface area contributed by atoms with Crippen LogP contribution in [-0.2, 0) is 6.04 Å². The van der Waals surface area contributed by atoms with Gasteiger partial charge >= 0.3 is 0 Å². The van der Waals surface area contributed by atoms with Crippen molar-refractivity contribution in [1.29, 1.82) is 0 Å². The van der Waals surface area contributed by atoms with Crippen molar-refractivity contribution in [3.8, 4) is 0 Å². The van der Waals surface area contributed by atoms with Gasteiger partial charge in [0.2, 0.25) is 0 Å². The van der Waals surface area contributed by atoms with E-state index in [4.69, 9.17) is 0 Å². The van der Waals surface area contributed by atoms with Crippen LogP contribution < -0.4 is 0 Å². The molecular formula is C23H18Si. The van der Waals surface area contributed by atoms with Gasteiger partial charge in [0.15, 0.2) is 0 Å². The van der Waals surface area contributed by atoms with Crippen molar-refractivity contribution >= 4 is 53.3 Å². The summed E-state index contributed by atoms with van der Waals surface area (Å²) in [7, 11) is 1.20. The van der Waals surface area contributed by atoms with Crippen LogP contribution in [0.3, 0.4) is 0 Å². The van der Waals surface area contributed by atoms with Crippen molar-refractivity contribution in [1.82, 2.24) is 0 Å². The van der Waals surface area contributed by atoms with E-state index in [2.05, 4.69) is 78.9 Å². The van der Waals surface area contributed by atoms with Crippen LogP contribution in [0.25, 0.3) is 43.1 Å². The highest BCUT2D eigenvalue weighted by Crippen LogP contribution is 2.31. The Bertz CT molecular complexity index is 1230. The van der Waals surface area contributed by atoms with E-state index in [9.17, 15) is 0 Å². The third kappa shape index (κ3) is 2.05. The van der Waals surface area contributed by atoms with E-state index in [1.165, 1.54) is 64.9 Å². The van der Waals surface area contributed by atoms with Crippen LogP contribution in [-0.4, -0.2) is 10.2 Å². The van der Waals surface area contributed by atoms with Crippen LogP contribution in [0, 0.1) is 0 Å². The van der Waals surface area contributed by atoms with Crippen LogP contribution in [0.4, 0.5) is 0 Å². The van der Waals surface area contributed by atoms with Crippen LogP contribution in [0.5, 0.6) is 0 Å². The second-order valence-corrected chi connectivity index (χ2v) is 7.30. The molecule has 0 fully saturated rings. The quantitative estimate of drug-likeness (QED) is 0.295. The molecule has 0 saturated carbocycles. The topological polar surface area (TPSA) is 0 Å². The minimum atomic E-state index is 1.20. The van der Waals surface area contributed by atoms with Gasteiger partial charge in [0.05, 0.1) is 0 Å². The first-order valence-electron chi connectivity index (χ1n) is 8.60. The van der Waals surface area contributed by atoms with Gasteiger partial charge in [-0.25, -0.2) is 0 Å². The van der Waals surface area contributed by atoms with Gasteiger partial charge in [0.25, 0.3) is 0 Å². The summed E-state index contributed by atoms with van der Waals surface area (Å²) < 4.78 is 0. The molecule has 0 bridgehead atoms. The minimum absolute atomic E-state index is 1.20. The van der Waals surface area contributed by atoms with E-state index in [1.807, 2.05) is 0 Å². The summed E-state index contributed by atoms with van der Waals surface area (Å²) in [5, 5.41) is 10.7. The molecule has 0 heterocycles. The van der Waals surface area contributed by atoms with Gasteiger partial charge in [-0.15, -0.1) is 0 Å². The summed E-state index contributed by atoms with van der Waals surface area (Å²) in [6, 6.07) is 30.5. The average molecular weight is 322 g/mol. The van der Waals surface area contributed by atoms with Crippen LogP contribution >= 0.6 is 0 Å². The van der Waals surface area contributed by atoms with Crippen LogP contribution in [0.1, 0.15) is 5.56 Å². The summed E-state index contributed by atoms with van der Waals surface area (Å²) in [6.45, 7) is 0. The number of fused-ring (bicyclic) bond motifs is 4. The molecule has 0 unspecified atom stereocenters. The maximum absolute atomic E-state index is 2.38. The molecule has 0 atom stereocenters. The Hall–Kier alpha value is -2.64. The largest absolute Gasteiger partial charge is 0.0616 e. The normalized spacial score (nSPS) is 11.8. The molecule has 0 aliphatic heterocycles. The third-order valence-electron chi connectivity index (χ3n) is 5.13. The lowest BCUT2D eigenvalue weighted by Gasteiger charge is -2.09. The Kier molecular flexibility index (Phi) is 2.97. The molecule has 114 valence electrons. The highest BCUT2D eigenvalue weighted by molar-refractivity contribution is 6.12. The lowest BCUT2D eigenvalue weighted by atomic mass is 9.96. The molecular weight excluding hydrogens is 304 g/mol. The van der Waals surface area contributed by atoms with Gasteiger partial charge < -0.3 is 0 Å². The molecule has 0 amide bonds. The molecule has 5 aromatic rings. The zero-order valence-electron chi connectivity index (χ0n) is 13.7. The van der Waals surface area contributed by atoms with Crippen molar-refractivity contribution in [3.63, 3.8) is 0 Å². The van der Waals surface area contributed by atoms with Crippen molar-refractivity contribution in [2.45, 2.75) is 6.04 Å². The molecule has 0 radical (unpaired) electrons. The summed E-state index contributed by atoms with van der Waals surface area (Å²) in [6.07, 6.45) is 0. The smallest absolute Gasteiger partial charge is 0.00836 e. The van der Waals surface area contributed by atoms with Gasteiger partial charge in [-0.05, 0) is 91.1 Å². The van der Waals surface area contributed by atoms with Crippen LogP contribution in [0.15, 0.2) is 78.9 Å². The molecule has 0 saturated heterocycles. The van der Waals surface area contributed by atoms with E-state index >= 15 is 0 Å². The molecule has 0 spiro atoms. The number of hydrogen-bond donors (Lipinski definition) is 0. The zero-order valence-corrected chi connectivity index (χ0v) is 15.7. The fourth-order valence-electron chi connectivity index (χ4n) is 3.84. The molecule has 0 nitrogen and oxygen atoms in total. The third-order valence-corrected chi connectivity index (χ3v) is 5.89. The average Bonchev–Trinajstić information content (AvgIpc) is 2.62. The molecule has 0 aliphatic rings. The first-order valence-corrected chi connectivity index (χ1v) is 10.0. The maximum Gasteiger partial charge on any atom is 0.00836 e. The van der Waals surface area contributed by atoms with Crippen molar-refractivity contribution in [2.24, 2.45) is 0 Å². The van der Waals surface area contributed by atoms with Gasteiger partial charge in [-0.1, -0.05) is 42.5 Å². The van der Waals surface area contributed by atoms with E-state index in [0.29, 0.717) is 0 Å². The highest BCUT2D eigenvalue weighted by atomic mass is 28.1. The molecule has 0 aromatic heterocycles. The van der Waals surface area contributed by atoms with E-state index in [-0.39, 0.29) is 0 Å². The summed E-state index contributed by atoms with van der Waals surface area (Å²) in [5.74, 6) is 0. The lowest BCUT2D eigenvalue weighted by Crippen LogP contribution is -1.87. The summed E-state index contributed by atoms with van der Waals surface area (Å²) in [5.41, 5.74) is 1.49. The molecule has 0 aliphatic carbocycles. The van der Waals surface area contributed by atoms with E-state index < -0.39 is 0 Å². The fraction of sp³-hybridized carbons (Fsp3) is 0.0435. The minimum Gasteiger partial charge on any atom is -0.0616 e. The maximum atomic E-state index is 2.38. The molecule has 5 rings (SSSR count). The predicted molar refractivity (Wildman–Crippen MR) is 110 cm³/mol. The molecule has 5 aromatic carbocycles. The Labute approximate surface area is 144 Å². The number of hydrogen-bond acceptors (Lipinski definition) is 0. The van der Waals surface area contributed by atoms with Crippen molar-refractivity contribution < 1.29 is 0 Å². The summed E-state index contributed by atoms with van der Waals surface area (Å²) in [4.78, 5) is 0. The molecule has 1 heteroatoms. The Morgan fingerprint density at radius 3 is 1.62 bits per heavy atom. The van der Waals surface area contributed by atoms with E-state index in [0.717, 1.165) is 0 Å². The van der Waals surface area contributed by atoms with Crippen molar-refractivity contribution in [2.75, 3.05) is 0 Å². The van der Waals surface area contributed by atoms with Gasteiger partial charge in [-0.2, -0.15) is 0 Å². The van der Waals surface area contributed by atoms with Gasteiger partial charge in [-0.3, -0.25) is 0 Å². The number of rotatable bonds is 1. The Morgan fingerprint density at radius 2 is 1.00 bits per heavy atom. The first-order chi connectivity index (χ1) is 11.8. The Balaban J connectivity index is 1.90. The second kappa shape index (κ2) is 5.18. The zero-order chi connectivity index (χ0) is 16.1. The van der Waals surface area contributed by atoms with E-state index in [1.54, 1.807) is 0 Å². The monoisotopic (exact) mass is 322 g/mol. The van der Waals surface area contributed by atoms with Crippen LogP contribution in [0.2, 0.25) is 0 Å². The highest BCUT2D eigenvalue weighted by Gasteiger charge is 2.05. The first kappa shape index (κ1) is 13.8. The van der Waals surface area contributed by atoms with Gasteiger partial charge in [0.1, 0.15) is 0 Å². The molecule has 24 heavy (non-hydrogen) atoms.